The van der Waals surface area contributed by atoms with Crippen molar-refractivity contribution in [3.63, 3.8) is 0 Å². The minimum Gasteiger partial charge on any atom is -0.382 e. The SMILES string of the molecule is Cl.Cl.Nc1nc(N)c2[nH]c(C3CCOC3)nc2n1. The predicted octanol–water partition coefficient (Wildman–Crippen LogP) is 0.865. The fourth-order valence-corrected chi connectivity index (χ4v) is 1.90. The summed E-state index contributed by atoms with van der Waals surface area (Å²) in [7, 11) is 0. The van der Waals surface area contributed by atoms with Crippen molar-refractivity contribution in [1.82, 2.24) is 19.9 Å². The van der Waals surface area contributed by atoms with Crippen LogP contribution in [0.5, 0.6) is 0 Å². The number of hydrogen-bond donors (Lipinski definition) is 3. The van der Waals surface area contributed by atoms with Gasteiger partial charge in [0, 0.05) is 12.5 Å². The lowest BCUT2D eigenvalue weighted by atomic mass is 10.1. The molecule has 1 unspecified atom stereocenters. The van der Waals surface area contributed by atoms with Crippen molar-refractivity contribution in [2.24, 2.45) is 0 Å². The molecule has 1 aliphatic rings. The van der Waals surface area contributed by atoms with E-state index in [2.05, 4.69) is 19.9 Å². The van der Waals surface area contributed by atoms with Crippen LogP contribution in [0.25, 0.3) is 11.2 Å². The number of hydrogen-bond acceptors (Lipinski definition) is 6. The van der Waals surface area contributed by atoms with Crippen LogP contribution in [-0.2, 0) is 4.74 Å². The minimum atomic E-state index is 0. The first kappa shape index (κ1) is 14.7. The molecule has 18 heavy (non-hydrogen) atoms. The summed E-state index contributed by atoms with van der Waals surface area (Å²) in [4.78, 5) is 15.4. The van der Waals surface area contributed by atoms with Crippen LogP contribution < -0.4 is 11.5 Å². The van der Waals surface area contributed by atoms with Crippen LogP contribution in [0, 0.1) is 0 Å². The van der Waals surface area contributed by atoms with Crippen molar-refractivity contribution in [3.8, 4) is 0 Å². The number of ether oxygens (including phenoxy) is 1. The summed E-state index contributed by atoms with van der Waals surface area (Å²) >= 11 is 0. The van der Waals surface area contributed by atoms with Crippen LogP contribution >= 0.6 is 24.8 Å². The molecule has 0 spiro atoms. The van der Waals surface area contributed by atoms with E-state index in [1.807, 2.05) is 0 Å². The summed E-state index contributed by atoms with van der Waals surface area (Å²) in [5.74, 6) is 1.61. The average molecular weight is 293 g/mol. The summed E-state index contributed by atoms with van der Waals surface area (Å²) in [6.45, 7) is 1.45. The highest BCUT2D eigenvalue weighted by molar-refractivity contribution is 5.85. The van der Waals surface area contributed by atoms with Gasteiger partial charge in [0.15, 0.2) is 11.5 Å². The standard InChI is InChI=1S/C9H12N6O.2ClH/c10-6-5-8(15-9(11)13-6)14-7(12-5)4-1-2-16-3-4;;/h4H,1-3H2,(H5,10,11,12,13,14,15);2*1H. The lowest BCUT2D eigenvalue weighted by Crippen LogP contribution is -1.99. The van der Waals surface area contributed by atoms with Gasteiger partial charge in [-0.1, -0.05) is 0 Å². The van der Waals surface area contributed by atoms with Crippen molar-refractivity contribution in [1.29, 1.82) is 0 Å². The maximum absolute atomic E-state index is 5.74. The molecule has 3 heterocycles. The Morgan fingerprint density at radius 2 is 1.94 bits per heavy atom. The van der Waals surface area contributed by atoms with E-state index in [1.165, 1.54) is 0 Å². The van der Waals surface area contributed by atoms with Crippen LogP contribution in [0.15, 0.2) is 0 Å². The molecule has 3 rings (SSSR count). The van der Waals surface area contributed by atoms with Crippen molar-refractivity contribution in [2.75, 3.05) is 24.7 Å². The van der Waals surface area contributed by atoms with Gasteiger partial charge in [-0.2, -0.15) is 9.97 Å². The molecule has 0 bridgehead atoms. The van der Waals surface area contributed by atoms with Crippen molar-refractivity contribution < 1.29 is 4.74 Å². The number of aromatic amines is 1. The van der Waals surface area contributed by atoms with Gasteiger partial charge in [-0.25, -0.2) is 4.98 Å². The highest BCUT2D eigenvalue weighted by Gasteiger charge is 2.22. The molecule has 2 aromatic heterocycles. The largest absolute Gasteiger partial charge is 0.382 e. The highest BCUT2D eigenvalue weighted by atomic mass is 35.5. The molecule has 1 saturated heterocycles. The zero-order chi connectivity index (χ0) is 11.1. The van der Waals surface area contributed by atoms with Gasteiger partial charge in [-0.3, -0.25) is 0 Å². The zero-order valence-corrected chi connectivity index (χ0v) is 11.1. The van der Waals surface area contributed by atoms with Gasteiger partial charge in [-0.05, 0) is 6.42 Å². The Labute approximate surface area is 116 Å². The first-order valence-electron chi connectivity index (χ1n) is 5.10. The molecule has 1 atom stereocenters. The minimum absolute atomic E-state index is 0. The summed E-state index contributed by atoms with van der Waals surface area (Å²) in [5.41, 5.74) is 12.4. The van der Waals surface area contributed by atoms with Gasteiger partial charge < -0.3 is 21.2 Å². The number of nitrogen functional groups attached to an aromatic ring is 2. The van der Waals surface area contributed by atoms with Gasteiger partial charge in [0.05, 0.1) is 6.61 Å². The molecular formula is C9H14Cl2N6O. The first-order valence-corrected chi connectivity index (χ1v) is 5.10. The number of nitrogens with zero attached hydrogens (tertiary/aromatic N) is 3. The van der Waals surface area contributed by atoms with Crippen LogP contribution in [0.2, 0.25) is 0 Å². The molecule has 9 heteroatoms. The number of imidazole rings is 1. The average Bonchev–Trinajstić information content (AvgIpc) is 2.82. The molecule has 0 amide bonds. The van der Waals surface area contributed by atoms with Crippen LogP contribution in [0.3, 0.4) is 0 Å². The van der Waals surface area contributed by atoms with E-state index in [9.17, 15) is 0 Å². The number of aromatic nitrogens is 4. The molecule has 7 nitrogen and oxygen atoms in total. The van der Waals surface area contributed by atoms with Gasteiger partial charge >= 0.3 is 0 Å². The van der Waals surface area contributed by atoms with E-state index >= 15 is 0 Å². The number of nitrogens with one attached hydrogen (secondary N) is 1. The number of rotatable bonds is 1. The van der Waals surface area contributed by atoms with Crippen LogP contribution in [0.4, 0.5) is 11.8 Å². The number of fused-ring (bicyclic) bond motifs is 1. The number of H-pyrrole nitrogens is 1. The second-order valence-corrected chi connectivity index (χ2v) is 3.85. The molecule has 1 fully saturated rings. The monoisotopic (exact) mass is 292 g/mol. The lowest BCUT2D eigenvalue weighted by Gasteiger charge is -2.00. The molecule has 0 aliphatic carbocycles. The summed E-state index contributed by atoms with van der Waals surface area (Å²) in [6.07, 6.45) is 0.961. The van der Waals surface area contributed by atoms with Crippen molar-refractivity contribution in [2.45, 2.75) is 12.3 Å². The number of anilines is 2. The van der Waals surface area contributed by atoms with E-state index in [0.717, 1.165) is 18.9 Å². The molecular weight excluding hydrogens is 279 g/mol. The molecule has 100 valence electrons. The topological polar surface area (TPSA) is 116 Å². The van der Waals surface area contributed by atoms with Crippen molar-refractivity contribution >= 4 is 47.7 Å². The maximum Gasteiger partial charge on any atom is 0.224 e. The number of halogens is 2. The van der Waals surface area contributed by atoms with Gasteiger partial charge in [-0.15, -0.1) is 24.8 Å². The van der Waals surface area contributed by atoms with Gasteiger partial charge in [0.1, 0.15) is 11.3 Å². The lowest BCUT2D eigenvalue weighted by molar-refractivity contribution is 0.193. The Bertz CT molecular complexity index is 539. The highest BCUT2D eigenvalue weighted by Crippen LogP contribution is 2.25. The van der Waals surface area contributed by atoms with Gasteiger partial charge in [0.25, 0.3) is 0 Å². The third-order valence-electron chi connectivity index (χ3n) is 2.73. The Morgan fingerprint density at radius 1 is 1.17 bits per heavy atom. The summed E-state index contributed by atoms with van der Waals surface area (Å²) < 4.78 is 5.31. The van der Waals surface area contributed by atoms with Crippen LogP contribution in [-0.4, -0.2) is 33.1 Å². The normalized spacial score (nSPS) is 18.3. The zero-order valence-electron chi connectivity index (χ0n) is 9.42. The number of nitrogens with two attached hydrogens (primary N) is 2. The molecule has 1 aliphatic heterocycles. The summed E-state index contributed by atoms with van der Waals surface area (Å²) in [6, 6.07) is 0. The first-order chi connectivity index (χ1) is 7.74. The van der Waals surface area contributed by atoms with Crippen LogP contribution in [0.1, 0.15) is 18.2 Å². The quantitative estimate of drug-likeness (QED) is 0.718. The van der Waals surface area contributed by atoms with E-state index in [-0.39, 0.29) is 36.7 Å². The Hall–Kier alpha value is -1.31. The van der Waals surface area contributed by atoms with E-state index < -0.39 is 0 Å². The Morgan fingerprint density at radius 3 is 2.61 bits per heavy atom. The second kappa shape index (κ2) is 5.55. The Balaban J connectivity index is 0.000000810. The maximum atomic E-state index is 5.74. The van der Waals surface area contributed by atoms with E-state index in [4.69, 9.17) is 16.2 Å². The molecule has 5 N–H and O–H groups in total. The van der Waals surface area contributed by atoms with E-state index in [0.29, 0.717) is 23.6 Å². The Kier molecular flexibility index (Phi) is 4.55. The fraction of sp³-hybridized carbons (Fsp3) is 0.444. The van der Waals surface area contributed by atoms with E-state index in [1.54, 1.807) is 0 Å². The summed E-state index contributed by atoms with van der Waals surface area (Å²) in [5, 5.41) is 0. The third kappa shape index (κ3) is 2.43. The van der Waals surface area contributed by atoms with Gasteiger partial charge in [0.2, 0.25) is 5.95 Å². The van der Waals surface area contributed by atoms with Crippen molar-refractivity contribution in [3.05, 3.63) is 5.82 Å². The molecule has 2 aromatic rings. The molecule has 0 radical (unpaired) electrons. The molecule has 0 aromatic carbocycles. The smallest absolute Gasteiger partial charge is 0.224 e. The second-order valence-electron chi connectivity index (χ2n) is 3.85. The molecule has 0 saturated carbocycles. The predicted molar refractivity (Wildman–Crippen MR) is 73.2 cm³/mol. The third-order valence-corrected chi connectivity index (χ3v) is 2.73. The fourth-order valence-electron chi connectivity index (χ4n) is 1.90.